The molecule has 1 amide bonds. The molecule has 0 aliphatic heterocycles. The zero-order chi connectivity index (χ0) is 55.0. The van der Waals surface area contributed by atoms with E-state index in [1.54, 1.807) is 0 Å². The average Bonchev–Trinajstić information content (AvgIpc) is 3.37. The molecule has 3 unspecified atom stereocenters. The molecule has 10 heteroatoms. The van der Waals surface area contributed by atoms with Gasteiger partial charge in [0.25, 0.3) is 7.82 Å². The summed E-state index contributed by atoms with van der Waals surface area (Å²) in [6, 6.07) is -0.884. The molecule has 0 aromatic rings. The van der Waals surface area contributed by atoms with E-state index < -0.39 is 20.0 Å². The Morgan fingerprint density at radius 2 is 0.773 bits per heavy atom. The number of hydrogen-bond acceptors (Lipinski definition) is 7. The lowest BCUT2D eigenvalue weighted by Crippen LogP contribution is -2.47. The number of esters is 1. The third-order valence-corrected chi connectivity index (χ3v) is 15.8. The summed E-state index contributed by atoms with van der Waals surface area (Å²) in [4.78, 5) is 40.0. The van der Waals surface area contributed by atoms with Crippen LogP contribution in [0.5, 0.6) is 0 Å². The normalized spacial score (nSPS) is 13.7. The fraction of sp³-hybridized carbons (Fsp3) is 0.908. The van der Waals surface area contributed by atoms with Crippen LogP contribution < -0.4 is 10.2 Å². The molecule has 0 heterocycles. The minimum absolute atomic E-state index is 0.0192. The van der Waals surface area contributed by atoms with Crippen LogP contribution in [0.1, 0.15) is 329 Å². The van der Waals surface area contributed by atoms with Crippen molar-refractivity contribution in [3.8, 4) is 0 Å². The Labute approximate surface area is 466 Å². The van der Waals surface area contributed by atoms with Crippen LogP contribution in [0.15, 0.2) is 24.3 Å². The molecule has 0 aliphatic carbocycles. The largest absolute Gasteiger partial charge is 0.756 e. The molecule has 0 saturated carbocycles. The van der Waals surface area contributed by atoms with Crippen molar-refractivity contribution in [3.05, 3.63) is 24.3 Å². The highest BCUT2D eigenvalue weighted by Crippen LogP contribution is 2.38. The second-order valence-corrected chi connectivity index (χ2v) is 25.0. The number of likely N-dealkylation sites (N-methyl/N-ethyl adjacent to an activating group) is 1. The molecule has 75 heavy (non-hydrogen) atoms. The molecule has 0 saturated heterocycles. The van der Waals surface area contributed by atoms with Crippen LogP contribution in [0.4, 0.5) is 0 Å². The minimum atomic E-state index is -4.69. The first-order valence-electron chi connectivity index (χ1n) is 32.6. The highest BCUT2D eigenvalue weighted by molar-refractivity contribution is 7.45. The number of carbonyl (C=O) groups is 2. The molecule has 0 rings (SSSR count). The molecule has 3 atom stereocenters. The lowest BCUT2D eigenvalue weighted by Gasteiger charge is -2.30. The van der Waals surface area contributed by atoms with E-state index in [2.05, 4.69) is 38.2 Å². The van der Waals surface area contributed by atoms with E-state index in [1.807, 2.05) is 33.3 Å². The molecule has 1 N–H and O–H groups in total. The highest BCUT2D eigenvalue weighted by Gasteiger charge is 2.27. The maximum Gasteiger partial charge on any atom is 0.306 e. The predicted molar refractivity (Wildman–Crippen MR) is 321 cm³/mol. The fourth-order valence-electron chi connectivity index (χ4n) is 9.81. The van der Waals surface area contributed by atoms with Crippen molar-refractivity contribution in [1.82, 2.24) is 5.32 Å². The van der Waals surface area contributed by atoms with Gasteiger partial charge in [-0.3, -0.25) is 14.2 Å². The van der Waals surface area contributed by atoms with Gasteiger partial charge in [-0.05, 0) is 57.4 Å². The summed E-state index contributed by atoms with van der Waals surface area (Å²) in [6.07, 6.45) is 65.7. The van der Waals surface area contributed by atoms with Crippen molar-refractivity contribution in [1.29, 1.82) is 0 Å². The van der Waals surface area contributed by atoms with Gasteiger partial charge in [0.1, 0.15) is 19.3 Å². The van der Waals surface area contributed by atoms with Crippen LogP contribution in [-0.4, -0.2) is 69.4 Å². The molecule has 0 aromatic carbocycles. The van der Waals surface area contributed by atoms with E-state index in [0.29, 0.717) is 17.4 Å². The number of amides is 1. The number of quaternary nitrogens is 1. The Balaban J connectivity index is 5.17. The maximum atomic E-state index is 13.6. The van der Waals surface area contributed by atoms with Gasteiger partial charge in [0.15, 0.2) is 0 Å². The van der Waals surface area contributed by atoms with Gasteiger partial charge in [-0.25, -0.2) is 0 Å². The fourth-order valence-corrected chi connectivity index (χ4v) is 10.5. The lowest BCUT2D eigenvalue weighted by atomic mass is 10.0. The van der Waals surface area contributed by atoms with Crippen LogP contribution in [0.25, 0.3) is 0 Å². The number of hydrogen-bond donors (Lipinski definition) is 1. The van der Waals surface area contributed by atoms with E-state index in [0.717, 1.165) is 70.6 Å². The van der Waals surface area contributed by atoms with Crippen LogP contribution in [0.3, 0.4) is 0 Å². The third kappa shape index (κ3) is 57.0. The number of phosphoric ester groups is 1. The average molecular weight is 1080 g/mol. The molecule has 0 spiro atoms. The number of carbonyl (C=O) groups excluding carboxylic acids is 2. The molecule has 444 valence electrons. The van der Waals surface area contributed by atoms with Gasteiger partial charge in [0.2, 0.25) is 5.91 Å². The standard InChI is InChI=1S/C65H127N2O7P/c1-7-10-13-16-19-22-25-28-30-31-32-33-34-35-37-39-42-45-48-51-54-57-64(68)66-62(61-73-75(70,71)72-60-59-67(4,5)6)63(56-53-50-47-44-41-38-27-24-21-18-15-12-9-3)74-65(69)58-55-52-49-46-43-40-36-29-26-23-20-17-14-11-8-2/h23,26,53,56,62-63H,7-22,24-25,27-52,54-55,57-61H2,1-6H3,(H-,66,68,70,71)/b26-23-,56-53+. The summed E-state index contributed by atoms with van der Waals surface area (Å²) < 4.78 is 30.4. The molecule has 0 aromatic heterocycles. The second kappa shape index (κ2) is 55.8. The maximum absolute atomic E-state index is 13.6. The number of allylic oxidation sites excluding steroid dienone is 3. The summed E-state index contributed by atoms with van der Waals surface area (Å²) >= 11 is 0. The van der Waals surface area contributed by atoms with Gasteiger partial charge in [0.05, 0.1) is 33.8 Å². The van der Waals surface area contributed by atoms with Crippen molar-refractivity contribution in [2.24, 2.45) is 0 Å². The van der Waals surface area contributed by atoms with E-state index in [1.165, 1.54) is 225 Å². The molecule has 0 fully saturated rings. The van der Waals surface area contributed by atoms with E-state index in [-0.39, 0.29) is 31.5 Å². The van der Waals surface area contributed by atoms with Crippen molar-refractivity contribution in [2.75, 3.05) is 40.9 Å². The zero-order valence-corrected chi connectivity index (χ0v) is 51.7. The Kier molecular flexibility index (Phi) is 54.7. The van der Waals surface area contributed by atoms with E-state index >= 15 is 0 Å². The summed E-state index contributed by atoms with van der Waals surface area (Å²) in [5.41, 5.74) is 0. The number of unbranched alkanes of at least 4 members (excludes halogenated alkanes) is 42. The third-order valence-electron chi connectivity index (χ3n) is 14.9. The van der Waals surface area contributed by atoms with Crippen molar-refractivity contribution in [2.45, 2.75) is 341 Å². The van der Waals surface area contributed by atoms with Gasteiger partial charge < -0.3 is 28.5 Å². The van der Waals surface area contributed by atoms with E-state index in [9.17, 15) is 19.0 Å². The summed E-state index contributed by atoms with van der Waals surface area (Å²) in [7, 11) is 1.20. The van der Waals surface area contributed by atoms with Crippen LogP contribution in [-0.2, 0) is 27.9 Å². The predicted octanol–water partition coefficient (Wildman–Crippen LogP) is 19.5. The molecule has 0 bridgehead atoms. The van der Waals surface area contributed by atoms with Gasteiger partial charge in [-0.1, -0.05) is 283 Å². The second-order valence-electron chi connectivity index (χ2n) is 23.6. The molecular weight excluding hydrogens is 952 g/mol. The SMILES string of the molecule is CCCCCC/C=C\CCCCCCCCCC(=O)OC(/C=C/CCCCCCCCCCCCC)C(COP(=O)([O-])OCC[N+](C)(C)C)NC(=O)CCCCCCCCCCCCCCCCCCCCCCC. The Morgan fingerprint density at radius 1 is 0.453 bits per heavy atom. The van der Waals surface area contributed by atoms with Crippen LogP contribution >= 0.6 is 7.82 Å². The Morgan fingerprint density at radius 3 is 1.15 bits per heavy atom. The molecule has 0 aliphatic rings. The van der Waals surface area contributed by atoms with Gasteiger partial charge in [-0.15, -0.1) is 0 Å². The first kappa shape index (κ1) is 73.5. The molecule has 9 nitrogen and oxygen atoms in total. The Hall–Kier alpha value is -1.51. The number of nitrogens with one attached hydrogen (secondary N) is 1. The van der Waals surface area contributed by atoms with Crippen LogP contribution in [0.2, 0.25) is 0 Å². The van der Waals surface area contributed by atoms with Crippen molar-refractivity contribution < 1.29 is 37.3 Å². The van der Waals surface area contributed by atoms with Gasteiger partial charge in [0, 0.05) is 12.8 Å². The topological polar surface area (TPSA) is 114 Å². The number of nitrogens with zero attached hydrogens (tertiary/aromatic N) is 1. The highest BCUT2D eigenvalue weighted by atomic mass is 31.2. The molecule has 0 radical (unpaired) electrons. The van der Waals surface area contributed by atoms with Crippen molar-refractivity contribution in [3.63, 3.8) is 0 Å². The summed E-state index contributed by atoms with van der Waals surface area (Å²) in [5, 5.41) is 3.04. The van der Waals surface area contributed by atoms with E-state index in [4.69, 9.17) is 13.8 Å². The molecular formula is C65H127N2O7P. The minimum Gasteiger partial charge on any atom is -0.756 e. The zero-order valence-electron chi connectivity index (χ0n) is 50.8. The quantitative estimate of drug-likeness (QED) is 0.0212. The monoisotopic (exact) mass is 1080 g/mol. The first-order chi connectivity index (χ1) is 36.4. The first-order valence-corrected chi connectivity index (χ1v) is 34.1. The number of ether oxygens (including phenoxy) is 1. The van der Waals surface area contributed by atoms with Gasteiger partial charge in [-0.2, -0.15) is 0 Å². The summed E-state index contributed by atoms with van der Waals surface area (Å²) in [6.45, 7) is 6.88. The summed E-state index contributed by atoms with van der Waals surface area (Å²) in [5.74, 6) is -0.528. The number of rotatable bonds is 60. The Bertz CT molecular complexity index is 1340. The van der Waals surface area contributed by atoms with Crippen LogP contribution in [0, 0.1) is 0 Å². The van der Waals surface area contributed by atoms with Crippen molar-refractivity contribution >= 4 is 19.7 Å². The van der Waals surface area contributed by atoms with Gasteiger partial charge >= 0.3 is 5.97 Å². The number of phosphoric acid groups is 1. The lowest BCUT2D eigenvalue weighted by molar-refractivity contribution is -0.870. The smallest absolute Gasteiger partial charge is 0.306 e.